The smallest absolute Gasteiger partial charge is 0.125 e. The Hall–Kier alpha value is -1.02. The van der Waals surface area contributed by atoms with Crippen LogP contribution in [0.3, 0.4) is 0 Å². The van der Waals surface area contributed by atoms with E-state index in [1.165, 1.54) is 36.0 Å². The van der Waals surface area contributed by atoms with Crippen molar-refractivity contribution in [2.45, 2.75) is 71.5 Å². The van der Waals surface area contributed by atoms with Gasteiger partial charge >= 0.3 is 0 Å². The monoisotopic (exact) mass is 274 g/mol. The average molecular weight is 274 g/mol. The summed E-state index contributed by atoms with van der Waals surface area (Å²) in [4.78, 5) is 0. The number of rotatable bonds is 2. The van der Waals surface area contributed by atoms with Crippen molar-refractivity contribution in [3.8, 4) is 5.75 Å². The normalized spacial score (nSPS) is 28.2. The molecule has 3 rings (SSSR count). The highest BCUT2D eigenvalue weighted by molar-refractivity contribution is 5.45. The molecule has 2 fully saturated rings. The molecule has 1 N–H and O–H groups in total. The van der Waals surface area contributed by atoms with Gasteiger partial charge in [-0.1, -0.05) is 31.4 Å². The zero-order valence-electron chi connectivity index (χ0n) is 12.9. The molecule has 1 spiro atoms. The predicted octanol–water partition coefficient (Wildman–Crippen LogP) is 4.07. The van der Waals surface area contributed by atoms with Crippen molar-refractivity contribution < 1.29 is 9.84 Å². The zero-order valence-corrected chi connectivity index (χ0v) is 12.9. The van der Waals surface area contributed by atoms with Crippen molar-refractivity contribution >= 4 is 0 Å². The zero-order chi connectivity index (χ0) is 14.3. The molecule has 20 heavy (non-hydrogen) atoms. The number of hydrogen-bond acceptors (Lipinski definition) is 2. The van der Waals surface area contributed by atoms with E-state index in [4.69, 9.17) is 4.74 Å². The fraction of sp³-hybridized carbons (Fsp3) is 0.667. The summed E-state index contributed by atoms with van der Waals surface area (Å²) < 4.78 is 6.40. The van der Waals surface area contributed by atoms with Crippen LogP contribution in [-0.2, 0) is 0 Å². The second-order valence-corrected chi connectivity index (χ2v) is 6.81. The van der Waals surface area contributed by atoms with Gasteiger partial charge in [0.15, 0.2) is 0 Å². The van der Waals surface area contributed by atoms with E-state index in [-0.39, 0.29) is 17.6 Å². The Bertz CT molecular complexity index is 500. The lowest BCUT2D eigenvalue weighted by atomic mass is 9.56. The molecule has 2 aliphatic carbocycles. The van der Waals surface area contributed by atoms with E-state index in [1.54, 1.807) is 0 Å². The van der Waals surface area contributed by atoms with Crippen molar-refractivity contribution in [1.29, 1.82) is 0 Å². The van der Waals surface area contributed by atoms with Gasteiger partial charge < -0.3 is 9.84 Å². The summed E-state index contributed by atoms with van der Waals surface area (Å²) in [5.41, 5.74) is 3.78. The molecule has 2 atom stereocenters. The minimum absolute atomic E-state index is 0.0425. The molecule has 2 unspecified atom stereocenters. The van der Waals surface area contributed by atoms with E-state index in [0.717, 1.165) is 25.0 Å². The average Bonchev–Trinajstić information content (AvgIpc) is 2.47. The van der Waals surface area contributed by atoms with Gasteiger partial charge in [0.2, 0.25) is 0 Å². The molecule has 0 radical (unpaired) electrons. The Morgan fingerprint density at radius 2 is 1.70 bits per heavy atom. The Kier molecular flexibility index (Phi) is 3.53. The van der Waals surface area contributed by atoms with Gasteiger partial charge in [-0.15, -0.1) is 0 Å². The van der Waals surface area contributed by atoms with E-state index in [1.807, 2.05) is 0 Å². The molecule has 110 valence electrons. The summed E-state index contributed by atoms with van der Waals surface area (Å²) in [6.07, 6.45) is 6.89. The van der Waals surface area contributed by atoms with Crippen LogP contribution < -0.4 is 4.74 Å². The van der Waals surface area contributed by atoms with Crippen LogP contribution in [0.5, 0.6) is 5.75 Å². The molecular formula is C18H26O2. The Balaban J connectivity index is 1.83. The number of aliphatic hydroxyl groups excluding tert-OH is 1. The quantitative estimate of drug-likeness (QED) is 0.880. The predicted molar refractivity (Wildman–Crippen MR) is 81.2 cm³/mol. The van der Waals surface area contributed by atoms with Gasteiger partial charge in [-0.2, -0.15) is 0 Å². The van der Waals surface area contributed by atoms with Crippen molar-refractivity contribution in [2.24, 2.45) is 5.41 Å². The van der Waals surface area contributed by atoms with E-state index >= 15 is 0 Å². The lowest BCUT2D eigenvalue weighted by molar-refractivity contribution is -0.172. The molecule has 0 amide bonds. The molecule has 0 aromatic heterocycles. The first-order valence-corrected chi connectivity index (χ1v) is 7.96. The van der Waals surface area contributed by atoms with Gasteiger partial charge in [-0.3, -0.25) is 0 Å². The van der Waals surface area contributed by atoms with Crippen LogP contribution in [0.25, 0.3) is 0 Å². The molecule has 1 aromatic rings. The maximum atomic E-state index is 10.3. The molecule has 2 heteroatoms. The van der Waals surface area contributed by atoms with Crippen molar-refractivity contribution in [2.75, 3.05) is 0 Å². The molecule has 0 heterocycles. The summed E-state index contributed by atoms with van der Waals surface area (Å²) in [5.74, 6) is 1.05. The molecule has 2 aliphatic rings. The number of hydrogen-bond donors (Lipinski definition) is 1. The number of ether oxygens (including phenoxy) is 1. The SMILES string of the molecule is Cc1ccc(C)c(OC2CC(O)C23CCCCC3)c1C. The third-order valence-corrected chi connectivity index (χ3v) is 5.66. The second-order valence-electron chi connectivity index (χ2n) is 6.81. The van der Waals surface area contributed by atoms with Gasteiger partial charge in [0.25, 0.3) is 0 Å². The standard InChI is InChI=1S/C18H26O2/c1-12-7-8-13(2)17(14(12)3)20-16-11-15(19)18(16)9-5-4-6-10-18/h7-8,15-16,19H,4-6,9-11H2,1-3H3. The van der Waals surface area contributed by atoms with Crippen LogP contribution in [0, 0.1) is 26.2 Å². The summed E-state index contributed by atoms with van der Waals surface area (Å²) in [6.45, 7) is 6.39. The van der Waals surface area contributed by atoms with Crippen molar-refractivity contribution in [3.63, 3.8) is 0 Å². The second kappa shape index (κ2) is 5.07. The van der Waals surface area contributed by atoms with Crippen LogP contribution in [-0.4, -0.2) is 17.3 Å². The Labute approximate surface area is 122 Å². The largest absolute Gasteiger partial charge is 0.489 e. The topological polar surface area (TPSA) is 29.5 Å². The van der Waals surface area contributed by atoms with Crippen molar-refractivity contribution in [3.05, 3.63) is 28.8 Å². The van der Waals surface area contributed by atoms with Gasteiger partial charge in [-0.05, 0) is 50.3 Å². The number of aliphatic hydroxyl groups is 1. The third-order valence-electron chi connectivity index (χ3n) is 5.66. The molecule has 0 aliphatic heterocycles. The molecular weight excluding hydrogens is 248 g/mol. The molecule has 2 saturated carbocycles. The van der Waals surface area contributed by atoms with E-state index in [2.05, 4.69) is 32.9 Å². The van der Waals surface area contributed by atoms with Gasteiger partial charge in [0, 0.05) is 11.8 Å². The van der Waals surface area contributed by atoms with E-state index < -0.39 is 0 Å². The summed E-state index contributed by atoms with van der Waals surface area (Å²) >= 11 is 0. The Morgan fingerprint density at radius 3 is 2.35 bits per heavy atom. The van der Waals surface area contributed by atoms with Gasteiger partial charge in [-0.25, -0.2) is 0 Å². The first-order chi connectivity index (χ1) is 9.54. The van der Waals surface area contributed by atoms with Gasteiger partial charge in [0.05, 0.1) is 6.10 Å². The Morgan fingerprint density at radius 1 is 1.05 bits per heavy atom. The van der Waals surface area contributed by atoms with Crippen LogP contribution in [0.15, 0.2) is 12.1 Å². The van der Waals surface area contributed by atoms with Crippen LogP contribution >= 0.6 is 0 Å². The number of aryl methyl sites for hydroxylation is 2. The number of benzene rings is 1. The maximum Gasteiger partial charge on any atom is 0.125 e. The lowest BCUT2D eigenvalue weighted by Gasteiger charge is -2.55. The van der Waals surface area contributed by atoms with Gasteiger partial charge in [0.1, 0.15) is 11.9 Å². The first-order valence-electron chi connectivity index (χ1n) is 7.96. The highest BCUT2D eigenvalue weighted by Gasteiger charge is 2.56. The highest BCUT2D eigenvalue weighted by Crippen LogP contribution is 2.53. The summed E-state index contributed by atoms with van der Waals surface area (Å²) in [5, 5.41) is 10.3. The van der Waals surface area contributed by atoms with Crippen LogP contribution in [0.1, 0.15) is 55.2 Å². The van der Waals surface area contributed by atoms with E-state index in [9.17, 15) is 5.11 Å². The highest BCUT2D eigenvalue weighted by atomic mass is 16.5. The minimum atomic E-state index is -0.154. The summed E-state index contributed by atoms with van der Waals surface area (Å²) in [7, 11) is 0. The van der Waals surface area contributed by atoms with E-state index in [0.29, 0.717) is 0 Å². The first kappa shape index (κ1) is 13.9. The fourth-order valence-electron chi connectivity index (χ4n) is 4.01. The lowest BCUT2D eigenvalue weighted by Crippen LogP contribution is -2.60. The molecule has 1 aromatic carbocycles. The molecule has 2 nitrogen and oxygen atoms in total. The van der Waals surface area contributed by atoms with Crippen LogP contribution in [0.4, 0.5) is 0 Å². The molecule has 0 saturated heterocycles. The fourth-order valence-corrected chi connectivity index (χ4v) is 4.01. The molecule has 0 bridgehead atoms. The minimum Gasteiger partial charge on any atom is -0.489 e. The van der Waals surface area contributed by atoms with Crippen molar-refractivity contribution in [1.82, 2.24) is 0 Å². The van der Waals surface area contributed by atoms with Crippen LogP contribution in [0.2, 0.25) is 0 Å². The maximum absolute atomic E-state index is 10.3. The summed E-state index contributed by atoms with van der Waals surface area (Å²) in [6, 6.07) is 4.30. The third kappa shape index (κ3) is 2.05.